The Morgan fingerprint density at radius 3 is 2.25 bits per heavy atom. The van der Waals surface area contributed by atoms with E-state index in [1.54, 1.807) is 0 Å². The molecule has 2 aliphatic rings. The monoisotopic (exact) mass is 172 g/mol. The summed E-state index contributed by atoms with van der Waals surface area (Å²) in [6.07, 6.45) is 4.35. The number of hydrogen-bond donors (Lipinski definition) is 2. The summed E-state index contributed by atoms with van der Waals surface area (Å²) in [5, 5.41) is 3.25. The number of alkyl halides is 1. The van der Waals surface area contributed by atoms with Crippen LogP contribution in [0.15, 0.2) is 0 Å². The average Bonchev–Trinajstić information content (AvgIpc) is 2.30. The van der Waals surface area contributed by atoms with Crippen LogP contribution in [-0.4, -0.2) is 18.9 Å². The predicted molar refractivity (Wildman–Crippen MR) is 46.4 cm³/mol. The van der Waals surface area contributed by atoms with Crippen LogP contribution in [0.2, 0.25) is 0 Å². The third kappa shape index (κ3) is 1.07. The maximum Gasteiger partial charge on any atom is 0.164 e. The van der Waals surface area contributed by atoms with E-state index in [1.165, 1.54) is 0 Å². The van der Waals surface area contributed by atoms with Gasteiger partial charge < -0.3 is 5.32 Å². The Morgan fingerprint density at radius 1 is 1.08 bits per heavy atom. The van der Waals surface area contributed by atoms with Gasteiger partial charge in [-0.15, -0.1) is 0 Å². The lowest BCUT2D eigenvalue weighted by atomic mass is 9.73. The number of piperidine rings is 1. The van der Waals surface area contributed by atoms with Gasteiger partial charge in [0.15, 0.2) is 5.79 Å². The molecule has 0 amide bonds. The molecule has 0 aromatic heterocycles. The molecule has 1 aliphatic carbocycles. The maximum atomic E-state index is 13.9. The van der Waals surface area contributed by atoms with Crippen LogP contribution in [-0.2, 0) is 0 Å². The molecule has 3 heteroatoms. The molecule has 2 rings (SSSR count). The number of hydrogen-bond acceptors (Lipinski definition) is 2. The van der Waals surface area contributed by atoms with Gasteiger partial charge in [-0.3, -0.25) is 5.73 Å². The van der Waals surface area contributed by atoms with Crippen LogP contribution < -0.4 is 11.1 Å². The highest BCUT2D eigenvalue weighted by Crippen LogP contribution is 2.51. The fourth-order valence-electron chi connectivity index (χ4n) is 2.73. The minimum Gasteiger partial charge on any atom is -0.317 e. The highest BCUT2D eigenvalue weighted by Gasteiger charge is 2.53. The lowest BCUT2D eigenvalue weighted by Crippen LogP contribution is -2.52. The Balaban J connectivity index is 2.17. The van der Waals surface area contributed by atoms with Crippen LogP contribution in [0.1, 0.15) is 32.1 Å². The molecule has 3 N–H and O–H groups in total. The molecule has 12 heavy (non-hydrogen) atoms. The molecule has 0 bridgehead atoms. The van der Waals surface area contributed by atoms with Gasteiger partial charge in [0.25, 0.3) is 0 Å². The first-order chi connectivity index (χ1) is 5.66. The molecule has 2 nitrogen and oxygen atoms in total. The second-order valence-corrected chi connectivity index (χ2v) is 4.25. The minimum atomic E-state index is -1.38. The second-order valence-electron chi connectivity index (χ2n) is 4.25. The molecule has 1 saturated carbocycles. The summed E-state index contributed by atoms with van der Waals surface area (Å²) in [6.45, 7) is 1.87. The molecule has 0 radical (unpaired) electrons. The topological polar surface area (TPSA) is 38.0 Å². The summed E-state index contributed by atoms with van der Waals surface area (Å²) in [7, 11) is 0. The molecular weight excluding hydrogens is 155 g/mol. The number of rotatable bonds is 0. The smallest absolute Gasteiger partial charge is 0.164 e. The van der Waals surface area contributed by atoms with Gasteiger partial charge in [-0.1, -0.05) is 0 Å². The predicted octanol–water partition coefficient (Wildman–Crippen LogP) is 1.16. The van der Waals surface area contributed by atoms with Crippen LogP contribution in [0.25, 0.3) is 0 Å². The Labute approximate surface area is 72.7 Å². The minimum absolute atomic E-state index is 0.182. The van der Waals surface area contributed by atoms with Gasteiger partial charge in [-0.05, 0) is 45.2 Å². The van der Waals surface area contributed by atoms with Crippen molar-refractivity contribution in [3.8, 4) is 0 Å². The van der Waals surface area contributed by atoms with Gasteiger partial charge in [0.05, 0.1) is 0 Å². The fraction of sp³-hybridized carbons (Fsp3) is 1.00. The lowest BCUT2D eigenvalue weighted by molar-refractivity contribution is 0.000951. The van der Waals surface area contributed by atoms with Gasteiger partial charge >= 0.3 is 0 Å². The Morgan fingerprint density at radius 2 is 1.75 bits per heavy atom. The molecule has 2 fully saturated rings. The van der Waals surface area contributed by atoms with E-state index in [0.717, 1.165) is 38.8 Å². The molecule has 1 atom stereocenters. The number of halogens is 1. The second kappa shape index (κ2) is 2.67. The normalized spacial score (nSPS) is 40.5. The average molecular weight is 172 g/mol. The zero-order valence-corrected chi connectivity index (χ0v) is 7.41. The van der Waals surface area contributed by atoms with E-state index in [4.69, 9.17) is 5.73 Å². The third-order valence-electron chi connectivity index (χ3n) is 3.64. The molecule has 1 aliphatic heterocycles. The van der Waals surface area contributed by atoms with Gasteiger partial charge in [-0.2, -0.15) is 0 Å². The van der Waals surface area contributed by atoms with Crippen LogP contribution in [0.3, 0.4) is 0 Å². The molecule has 1 unspecified atom stereocenters. The Kier molecular flexibility index (Phi) is 1.88. The van der Waals surface area contributed by atoms with E-state index < -0.39 is 5.79 Å². The largest absolute Gasteiger partial charge is 0.317 e. The van der Waals surface area contributed by atoms with Crippen LogP contribution in [0, 0.1) is 5.41 Å². The summed E-state index contributed by atoms with van der Waals surface area (Å²) < 4.78 is 13.9. The molecule has 70 valence electrons. The van der Waals surface area contributed by atoms with E-state index in [2.05, 4.69) is 5.32 Å². The zero-order chi connectivity index (χ0) is 8.66. The molecule has 1 spiro atoms. The van der Waals surface area contributed by atoms with Crippen LogP contribution >= 0.6 is 0 Å². The maximum absolute atomic E-state index is 13.9. The summed E-state index contributed by atoms with van der Waals surface area (Å²) in [6, 6.07) is 0. The van der Waals surface area contributed by atoms with E-state index in [0.29, 0.717) is 6.42 Å². The molecule has 1 heterocycles. The Hall–Kier alpha value is -0.150. The first-order valence-corrected chi connectivity index (χ1v) is 4.85. The highest BCUT2D eigenvalue weighted by atomic mass is 19.1. The summed E-state index contributed by atoms with van der Waals surface area (Å²) in [5.74, 6) is -1.38. The van der Waals surface area contributed by atoms with Crippen molar-refractivity contribution in [2.24, 2.45) is 11.1 Å². The van der Waals surface area contributed by atoms with E-state index >= 15 is 0 Å². The quantitative estimate of drug-likeness (QED) is 0.538. The first kappa shape index (κ1) is 8.45. The first-order valence-electron chi connectivity index (χ1n) is 4.85. The lowest BCUT2D eigenvalue weighted by Gasteiger charge is -2.41. The third-order valence-corrected chi connectivity index (χ3v) is 3.64. The van der Waals surface area contributed by atoms with Gasteiger partial charge in [0.2, 0.25) is 0 Å². The van der Waals surface area contributed by atoms with Crippen molar-refractivity contribution in [3.63, 3.8) is 0 Å². The van der Waals surface area contributed by atoms with Crippen LogP contribution in [0.4, 0.5) is 4.39 Å². The SMILES string of the molecule is NC1(F)CCCC12CCNCC2. The van der Waals surface area contributed by atoms with Gasteiger partial charge in [-0.25, -0.2) is 4.39 Å². The van der Waals surface area contributed by atoms with Crippen molar-refractivity contribution in [1.82, 2.24) is 5.32 Å². The summed E-state index contributed by atoms with van der Waals surface area (Å²) in [5.41, 5.74) is 5.51. The van der Waals surface area contributed by atoms with E-state index in [-0.39, 0.29) is 5.41 Å². The van der Waals surface area contributed by atoms with Crippen LogP contribution in [0.5, 0.6) is 0 Å². The van der Waals surface area contributed by atoms with Crippen molar-refractivity contribution in [1.29, 1.82) is 0 Å². The number of nitrogens with one attached hydrogen (secondary N) is 1. The fourth-order valence-corrected chi connectivity index (χ4v) is 2.73. The summed E-state index contributed by atoms with van der Waals surface area (Å²) >= 11 is 0. The molecular formula is C9H17FN2. The van der Waals surface area contributed by atoms with Gasteiger partial charge in [0.1, 0.15) is 0 Å². The van der Waals surface area contributed by atoms with E-state index in [9.17, 15) is 4.39 Å². The Bertz CT molecular complexity index is 173. The molecule has 0 aromatic rings. The molecule has 0 aromatic carbocycles. The van der Waals surface area contributed by atoms with E-state index in [1.807, 2.05) is 0 Å². The van der Waals surface area contributed by atoms with Crippen molar-refractivity contribution < 1.29 is 4.39 Å². The van der Waals surface area contributed by atoms with Gasteiger partial charge in [0, 0.05) is 5.41 Å². The number of nitrogens with two attached hydrogens (primary N) is 1. The van der Waals surface area contributed by atoms with Crippen molar-refractivity contribution >= 4 is 0 Å². The van der Waals surface area contributed by atoms with Crippen molar-refractivity contribution in [3.05, 3.63) is 0 Å². The zero-order valence-electron chi connectivity index (χ0n) is 7.41. The summed E-state index contributed by atoms with van der Waals surface area (Å²) in [4.78, 5) is 0. The van der Waals surface area contributed by atoms with Crippen molar-refractivity contribution in [2.45, 2.75) is 37.9 Å². The standard InChI is InChI=1S/C9H17FN2/c10-9(11)3-1-2-8(9)4-6-12-7-5-8/h12H,1-7,11H2. The molecule has 1 saturated heterocycles. The van der Waals surface area contributed by atoms with Crippen molar-refractivity contribution in [2.75, 3.05) is 13.1 Å². The highest BCUT2D eigenvalue weighted by molar-refractivity contribution is 5.02.